The summed E-state index contributed by atoms with van der Waals surface area (Å²) in [7, 11) is 0. The largest absolute Gasteiger partial charge is 0.463 e. The molecular formula is C25H27ClN4O2S. The quantitative estimate of drug-likeness (QED) is 0.319. The van der Waals surface area contributed by atoms with Gasteiger partial charge in [0.2, 0.25) is 11.1 Å². The minimum Gasteiger partial charge on any atom is -0.463 e. The lowest BCUT2D eigenvalue weighted by Gasteiger charge is -2.28. The van der Waals surface area contributed by atoms with Gasteiger partial charge in [-0.25, -0.2) is 9.48 Å². The number of anilines is 1. The Morgan fingerprint density at radius 3 is 2.61 bits per heavy atom. The van der Waals surface area contributed by atoms with Crippen LogP contribution in [-0.4, -0.2) is 27.3 Å². The molecule has 0 fully saturated rings. The van der Waals surface area contributed by atoms with Crippen molar-refractivity contribution < 1.29 is 9.53 Å². The maximum absolute atomic E-state index is 12.9. The third-order valence-electron chi connectivity index (χ3n) is 5.56. The van der Waals surface area contributed by atoms with E-state index in [-0.39, 0.29) is 5.97 Å². The van der Waals surface area contributed by atoms with Crippen LogP contribution >= 0.6 is 23.4 Å². The van der Waals surface area contributed by atoms with E-state index in [0.29, 0.717) is 40.7 Å². The highest BCUT2D eigenvalue weighted by molar-refractivity contribution is 7.98. The minimum absolute atomic E-state index is 0.303. The van der Waals surface area contributed by atoms with Gasteiger partial charge in [-0.15, -0.1) is 5.10 Å². The van der Waals surface area contributed by atoms with Crippen molar-refractivity contribution in [2.24, 2.45) is 0 Å². The maximum Gasteiger partial charge on any atom is 0.338 e. The second-order valence-electron chi connectivity index (χ2n) is 8.15. The third-order valence-corrected chi connectivity index (χ3v) is 6.82. The predicted molar refractivity (Wildman–Crippen MR) is 133 cm³/mol. The molecule has 3 aromatic rings. The van der Waals surface area contributed by atoms with E-state index in [0.717, 1.165) is 16.1 Å². The molecule has 0 spiro atoms. The van der Waals surface area contributed by atoms with Crippen molar-refractivity contribution in [3.8, 4) is 0 Å². The van der Waals surface area contributed by atoms with E-state index in [9.17, 15) is 4.79 Å². The van der Waals surface area contributed by atoms with E-state index in [1.54, 1.807) is 11.6 Å². The Bertz CT molecular complexity index is 1190. The number of carbonyl (C=O) groups is 1. The molecule has 172 valence electrons. The van der Waals surface area contributed by atoms with Gasteiger partial charge in [0.15, 0.2) is 0 Å². The number of nitrogens with zero attached hydrogens (tertiary/aromatic N) is 3. The van der Waals surface area contributed by atoms with Gasteiger partial charge in [0.05, 0.1) is 12.2 Å². The summed E-state index contributed by atoms with van der Waals surface area (Å²) in [6.07, 6.45) is 0. The van der Waals surface area contributed by atoms with Crippen LogP contribution in [0.1, 0.15) is 56.3 Å². The molecule has 0 radical (unpaired) electrons. The van der Waals surface area contributed by atoms with Crippen LogP contribution in [0.4, 0.5) is 5.95 Å². The number of benzene rings is 2. The number of fused-ring (bicyclic) bond motifs is 1. The first kappa shape index (κ1) is 23.4. The molecule has 4 rings (SSSR count). The smallest absolute Gasteiger partial charge is 0.338 e. The molecule has 1 aliphatic rings. The van der Waals surface area contributed by atoms with Crippen molar-refractivity contribution in [1.82, 2.24) is 14.8 Å². The van der Waals surface area contributed by atoms with Gasteiger partial charge < -0.3 is 10.1 Å². The van der Waals surface area contributed by atoms with E-state index < -0.39 is 6.04 Å². The van der Waals surface area contributed by atoms with Crippen molar-refractivity contribution in [1.29, 1.82) is 0 Å². The highest BCUT2D eigenvalue weighted by Crippen LogP contribution is 2.37. The van der Waals surface area contributed by atoms with Crippen molar-refractivity contribution in [3.05, 3.63) is 81.5 Å². The fourth-order valence-electron chi connectivity index (χ4n) is 3.79. The Morgan fingerprint density at radius 2 is 1.94 bits per heavy atom. The van der Waals surface area contributed by atoms with Gasteiger partial charge in [-0.05, 0) is 42.5 Å². The van der Waals surface area contributed by atoms with E-state index in [1.165, 1.54) is 17.3 Å². The summed E-state index contributed by atoms with van der Waals surface area (Å²) < 4.78 is 7.16. The first-order valence-corrected chi connectivity index (χ1v) is 12.3. The molecule has 0 saturated heterocycles. The number of thioether (sulfide) groups is 1. The first-order chi connectivity index (χ1) is 15.9. The Balaban J connectivity index is 1.70. The van der Waals surface area contributed by atoms with Crippen LogP contribution in [0, 0.1) is 0 Å². The molecule has 0 saturated carbocycles. The summed E-state index contributed by atoms with van der Waals surface area (Å²) in [5.41, 5.74) is 4.47. The maximum atomic E-state index is 12.9. The number of aromatic nitrogens is 3. The Labute approximate surface area is 203 Å². The van der Waals surface area contributed by atoms with Gasteiger partial charge in [-0.1, -0.05) is 79.7 Å². The van der Waals surface area contributed by atoms with Gasteiger partial charge in [0.1, 0.15) is 6.04 Å². The molecule has 1 aliphatic heterocycles. The van der Waals surface area contributed by atoms with Gasteiger partial charge in [-0.3, -0.25) is 0 Å². The summed E-state index contributed by atoms with van der Waals surface area (Å²) in [4.78, 5) is 17.6. The van der Waals surface area contributed by atoms with Crippen LogP contribution in [-0.2, 0) is 15.3 Å². The van der Waals surface area contributed by atoms with Crippen LogP contribution in [0.2, 0.25) is 5.02 Å². The molecule has 6 nitrogen and oxygen atoms in total. The molecule has 8 heteroatoms. The zero-order valence-electron chi connectivity index (χ0n) is 19.1. The normalized spacial score (nSPS) is 15.4. The van der Waals surface area contributed by atoms with Gasteiger partial charge in [0, 0.05) is 16.5 Å². The summed E-state index contributed by atoms with van der Waals surface area (Å²) in [6, 6.07) is 15.6. The average Bonchev–Trinajstić information content (AvgIpc) is 3.20. The summed E-state index contributed by atoms with van der Waals surface area (Å²) in [5, 5.41) is 9.33. The van der Waals surface area contributed by atoms with Crippen molar-refractivity contribution in [2.75, 3.05) is 11.9 Å². The van der Waals surface area contributed by atoms with Crippen LogP contribution in [0.5, 0.6) is 0 Å². The number of esters is 1. The van der Waals surface area contributed by atoms with Crippen molar-refractivity contribution in [3.63, 3.8) is 0 Å². The molecule has 0 bridgehead atoms. The van der Waals surface area contributed by atoms with E-state index in [2.05, 4.69) is 48.4 Å². The van der Waals surface area contributed by atoms with E-state index in [1.807, 2.05) is 31.2 Å². The summed E-state index contributed by atoms with van der Waals surface area (Å²) >= 11 is 7.81. The predicted octanol–water partition coefficient (Wildman–Crippen LogP) is 6.20. The number of nitrogens with one attached hydrogen (secondary N) is 1. The molecule has 0 aliphatic carbocycles. The number of ether oxygens (including phenoxy) is 1. The lowest BCUT2D eigenvalue weighted by molar-refractivity contribution is -0.139. The molecule has 1 N–H and O–H groups in total. The molecule has 2 heterocycles. The number of rotatable bonds is 7. The van der Waals surface area contributed by atoms with Crippen LogP contribution in [0.15, 0.2) is 65.0 Å². The lowest BCUT2D eigenvalue weighted by atomic mass is 9.93. The standard InChI is InChI=1S/C25H27ClN4O2S/c1-5-32-23(31)21-16(4)27-24-28-25(33-14-19-8-6-7-9-20(19)26)29-30(24)22(21)18-12-10-17(11-13-18)15(2)3/h6-13,15,22H,5,14H2,1-4H3,(H,27,28,29). The monoisotopic (exact) mass is 482 g/mol. The van der Waals surface area contributed by atoms with Crippen LogP contribution in [0.3, 0.4) is 0 Å². The molecule has 2 aromatic carbocycles. The Morgan fingerprint density at radius 1 is 1.21 bits per heavy atom. The number of hydrogen-bond acceptors (Lipinski definition) is 6. The highest BCUT2D eigenvalue weighted by Gasteiger charge is 2.35. The summed E-state index contributed by atoms with van der Waals surface area (Å²) in [5.74, 6) is 1.31. The number of halogens is 1. The Kier molecular flexibility index (Phi) is 7.10. The van der Waals surface area contributed by atoms with E-state index >= 15 is 0 Å². The molecule has 1 unspecified atom stereocenters. The van der Waals surface area contributed by atoms with Crippen LogP contribution in [0.25, 0.3) is 0 Å². The van der Waals surface area contributed by atoms with Gasteiger partial charge in [0.25, 0.3) is 0 Å². The second-order valence-corrected chi connectivity index (χ2v) is 9.50. The van der Waals surface area contributed by atoms with E-state index in [4.69, 9.17) is 21.4 Å². The number of hydrogen-bond donors (Lipinski definition) is 1. The fourth-order valence-corrected chi connectivity index (χ4v) is 4.91. The molecule has 0 amide bonds. The molecule has 1 aromatic heterocycles. The number of carbonyl (C=O) groups excluding carboxylic acids is 1. The van der Waals surface area contributed by atoms with Crippen molar-refractivity contribution >= 4 is 35.3 Å². The summed E-state index contributed by atoms with van der Waals surface area (Å²) in [6.45, 7) is 8.30. The van der Waals surface area contributed by atoms with Gasteiger partial charge >= 0.3 is 5.97 Å². The minimum atomic E-state index is -0.427. The van der Waals surface area contributed by atoms with Crippen molar-refractivity contribution in [2.45, 2.75) is 50.6 Å². The topological polar surface area (TPSA) is 69.0 Å². The van der Waals surface area contributed by atoms with Gasteiger partial charge in [-0.2, -0.15) is 4.98 Å². The second kappa shape index (κ2) is 10.0. The zero-order valence-corrected chi connectivity index (χ0v) is 20.7. The fraction of sp³-hybridized carbons (Fsp3) is 0.320. The molecule has 1 atom stereocenters. The molecular weight excluding hydrogens is 456 g/mol. The number of allylic oxidation sites excluding steroid dienone is 1. The SMILES string of the molecule is CCOC(=O)C1=C(C)Nc2nc(SCc3ccccc3Cl)nn2C1c1ccc(C(C)C)cc1. The Hall–Kier alpha value is -2.77. The third kappa shape index (κ3) is 4.94. The zero-order chi connectivity index (χ0) is 23.5. The highest BCUT2D eigenvalue weighted by atomic mass is 35.5. The molecule has 33 heavy (non-hydrogen) atoms. The first-order valence-electron chi connectivity index (χ1n) is 11.0. The lowest BCUT2D eigenvalue weighted by Crippen LogP contribution is -2.29. The average molecular weight is 483 g/mol. The van der Waals surface area contributed by atoms with Crippen LogP contribution < -0.4 is 5.32 Å².